The zero-order valence-corrected chi connectivity index (χ0v) is 14.5. The van der Waals surface area contributed by atoms with Crippen LogP contribution in [0.2, 0.25) is 0 Å². The smallest absolute Gasteiger partial charge is 0.255 e. The Kier molecular flexibility index (Phi) is 3.96. The lowest BCUT2D eigenvalue weighted by Crippen LogP contribution is -2.31. The Morgan fingerprint density at radius 1 is 1.15 bits per heavy atom. The Bertz CT molecular complexity index is 992. The molecular weight excluding hydrogens is 328 g/mol. The summed E-state index contributed by atoms with van der Waals surface area (Å²) in [7, 11) is 0. The fraction of sp³-hybridized carbons (Fsp3) is 0.158. The first kappa shape index (κ1) is 16.0. The van der Waals surface area contributed by atoms with Crippen molar-refractivity contribution in [3.05, 3.63) is 77.5 Å². The number of carbonyl (C=O) groups excluding carboxylic acids is 1. The van der Waals surface area contributed by atoms with Crippen LogP contribution in [0.4, 0.5) is 11.6 Å². The number of benzene rings is 1. The fourth-order valence-electron chi connectivity index (χ4n) is 3.14. The molecule has 2 N–H and O–H groups in total. The minimum atomic E-state index is -0.374. The maximum atomic E-state index is 13.2. The summed E-state index contributed by atoms with van der Waals surface area (Å²) in [6, 6.07) is 11.1. The molecule has 0 fully saturated rings. The molecule has 1 aliphatic rings. The van der Waals surface area contributed by atoms with E-state index in [1.807, 2.05) is 50.2 Å². The Balaban J connectivity index is 1.77. The van der Waals surface area contributed by atoms with Gasteiger partial charge < -0.3 is 10.6 Å². The van der Waals surface area contributed by atoms with Crippen molar-refractivity contribution < 1.29 is 4.79 Å². The van der Waals surface area contributed by atoms with Gasteiger partial charge in [-0.2, -0.15) is 10.1 Å². The highest BCUT2D eigenvalue weighted by Gasteiger charge is 2.33. The zero-order chi connectivity index (χ0) is 18.1. The Hall–Kier alpha value is -3.48. The van der Waals surface area contributed by atoms with Gasteiger partial charge in [0.15, 0.2) is 0 Å². The van der Waals surface area contributed by atoms with Gasteiger partial charge in [0.1, 0.15) is 12.4 Å². The molecule has 7 nitrogen and oxygen atoms in total. The summed E-state index contributed by atoms with van der Waals surface area (Å²) in [6.45, 7) is 3.84. The van der Waals surface area contributed by atoms with E-state index in [-0.39, 0.29) is 11.9 Å². The minimum Gasteiger partial charge on any atom is -0.328 e. The number of carbonyl (C=O) groups is 1. The molecule has 0 aliphatic carbocycles. The van der Waals surface area contributed by atoms with Gasteiger partial charge in [-0.1, -0.05) is 18.2 Å². The number of fused-ring (bicyclic) bond motifs is 1. The van der Waals surface area contributed by atoms with Crippen LogP contribution in [0.3, 0.4) is 0 Å². The maximum Gasteiger partial charge on any atom is 0.255 e. The van der Waals surface area contributed by atoms with Crippen molar-refractivity contribution in [1.82, 2.24) is 19.7 Å². The first-order chi connectivity index (χ1) is 12.6. The number of rotatable bonds is 3. The topological polar surface area (TPSA) is 84.7 Å². The number of amides is 1. The molecule has 1 aromatic carbocycles. The summed E-state index contributed by atoms with van der Waals surface area (Å²) in [6.07, 6.45) is 4.90. The number of nitrogens with zero attached hydrogens (tertiary/aromatic N) is 4. The van der Waals surface area contributed by atoms with E-state index in [0.29, 0.717) is 11.5 Å². The molecule has 26 heavy (non-hydrogen) atoms. The van der Waals surface area contributed by atoms with Crippen molar-refractivity contribution >= 4 is 17.5 Å². The van der Waals surface area contributed by atoms with E-state index in [0.717, 1.165) is 22.5 Å². The standard InChI is InChI=1S/C19H18N6O/c1-12-5-3-4-6-15(12)24-18(26)16-13(2)23-19-21-11-22-25(19)17(16)14-7-9-20-10-8-14/h3-11,17H,1-2H3,(H,24,26)(H,21,22,23)/t17-/m0/s1. The summed E-state index contributed by atoms with van der Waals surface area (Å²) >= 11 is 0. The van der Waals surface area contributed by atoms with Gasteiger partial charge in [0.25, 0.3) is 5.91 Å². The number of anilines is 2. The number of aromatic nitrogens is 4. The average Bonchev–Trinajstić information content (AvgIpc) is 3.11. The number of aryl methyl sites for hydroxylation is 1. The van der Waals surface area contributed by atoms with E-state index in [2.05, 4.69) is 25.7 Å². The molecule has 130 valence electrons. The normalized spacial score (nSPS) is 16.0. The highest BCUT2D eigenvalue weighted by Crippen LogP contribution is 2.34. The number of pyridine rings is 1. The zero-order valence-electron chi connectivity index (χ0n) is 14.5. The van der Waals surface area contributed by atoms with Gasteiger partial charge in [-0.05, 0) is 43.2 Å². The van der Waals surface area contributed by atoms with Gasteiger partial charge in [0.05, 0.1) is 5.57 Å². The maximum absolute atomic E-state index is 13.2. The second-order valence-corrected chi connectivity index (χ2v) is 6.14. The van der Waals surface area contributed by atoms with Crippen LogP contribution in [0.15, 0.2) is 66.4 Å². The number of hydrogen-bond acceptors (Lipinski definition) is 5. The molecule has 1 amide bonds. The quantitative estimate of drug-likeness (QED) is 0.762. The molecule has 0 bridgehead atoms. The Labute approximate surface area is 150 Å². The predicted octanol–water partition coefficient (Wildman–Crippen LogP) is 2.91. The third-order valence-corrected chi connectivity index (χ3v) is 4.45. The summed E-state index contributed by atoms with van der Waals surface area (Å²) < 4.78 is 1.72. The largest absolute Gasteiger partial charge is 0.328 e. The Morgan fingerprint density at radius 3 is 2.69 bits per heavy atom. The van der Waals surface area contributed by atoms with Crippen molar-refractivity contribution in [3.63, 3.8) is 0 Å². The van der Waals surface area contributed by atoms with E-state index < -0.39 is 0 Å². The fourth-order valence-corrected chi connectivity index (χ4v) is 3.14. The van der Waals surface area contributed by atoms with E-state index in [4.69, 9.17) is 0 Å². The van der Waals surface area contributed by atoms with E-state index in [1.165, 1.54) is 6.33 Å². The molecule has 1 atom stereocenters. The van der Waals surface area contributed by atoms with Gasteiger partial charge in [0, 0.05) is 23.8 Å². The molecule has 2 aromatic heterocycles. The molecular formula is C19H18N6O. The van der Waals surface area contributed by atoms with E-state index in [1.54, 1.807) is 17.1 Å². The van der Waals surface area contributed by atoms with Crippen LogP contribution < -0.4 is 10.6 Å². The second kappa shape index (κ2) is 6.44. The summed E-state index contributed by atoms with van der Waals surface area (Å²) in [5.74, 6) is 0.434. The van der Waals surface area contributed by atoms with Gasteiger partial charge in [0.2, 0.25) is 5.95 Å². The van der Waals surface area contributed by atoms with Crippen molar-refractivity contribution in [2.45, 2.75) is 19.9 Å². The predicted molar refractivity (Wildman–Crippen MR) is 98.5 cm³/mol. The Morgan fingerprint density at radius 2 is 1.92 bits per heavy atom. The first-order valence-corrected chi connectivity index (χ1v) is 8.29. The number of hydrogen-bond donors (Lipinski definition) is 2. The highest BCUT2D eigenvalue weighted by molar-refractivity contribution is 6.06. The van der Waals surface area contributed by atoms with Crippen LogP contribution in [0.25, 0.3) is 0 Å². The van der Waals surface area contributed by atoms with Gasteiger partial charge in [-0.15, -0.1) is 0 Å². The summed E-state index contributed by atoms with van der Waals surface area (Å²) in [4.78, 5) is 21.5. The van der Waals surface area contributed by atoms with Crippen molar-refractivity contribution in [1.29, 1.82) is 0 Å². The van der Waals surface area contributed by atoms with Gasteiger partial charge in [-0.25, -0.2) is 4.68 Å². The van der Waals surface area contributed by atoms with Crippen molar-refractivity contribution in [2.75, 3.05) is 10.6 Å². The monoisotopic (exact) mass is 346 g/mol. The third kappa shape index (κ3) is 2.73. The third-order valence-electron chi connectivity index (χ3n) is 4.45. The molecule has 3 aromatic rings. The number of para-hydroxylation sites is 1. The van der Waals surface area contributed by atoms with Gasteiger partial charge in [-0.3, -0.25) is 9.78 Å². The molecule has 0 spiro atoms. The van der Waals surface area contributed by atoms with Crippen LogP contribution in [0, 0.1) is 6.92 Å². The molecule has 0 unspecified atom stereocenters. The second-order valence-electron chi connectivity index (χ2n) is 6.14. The first-order valence-electron chi connectivity index (χ1n) is 8.29. The SMILES string of the molecule is CC1=C(C(=O)Nc2ccccc2C)[C@H](c2ccncc2)n2ncnc2N1. The van der Waals surface area contributed by atoms with Crippen LogP contribution in [0.5, 0.6) is 0 Å². The molecule has 3 heterocycles. The molecule has 0 saturated heterocycles. The lowest BCUT2D eigenvalue weighted by Gasteiger charge is -2.28. The molecule has 4 rings (SSSR count). The molecule has 0 radical (unpaired) electrons. The van der Waals surface area contributed by atoms with Crippen LogP contribution >= 0.6 is 0 Å². The summed E-state index contributed by atoms with van der Waals surface area (Å²) in [5, 5.41) is 10.5. The van der Waals surface area contributed by atoms with Crippen LogP contribution in [-0.2, 0) is 4.79 Å². The molecule has 7 heteroatoms. The lowest BCUT2D eigenvalue weighted by molar-refractivity contribution is -0.113. The summed E-state index contributed by atoms with van der Waals surface area (Å²) in [5.41, 5.74) is 4.05. The molecule has 1 aliphatic heterocycles. The van der Waals surface area contributed by atoms with Crippen molar-refractivity contribution in [2.24, 2.45) is 0 Å². The lowest BCUT2D eigenvalue weighted by atomic mass is 9.95. The van der Waals surface area contributed by atoms with Crippen LogP contribution in [0.1, 0.15) is 24.1 Å². The highest BCUT2D eigenvalue weighted by atomic mass is 16.1. The van der Waals surface area contributed by atoms with E-state index in [9.17, 15) is 4.79 Å². The number of nitrogens with one attached hydrogen (secondary N) is 2. The van der Waals surface area contributed by atoms with Crippen molar-refractivity contribution in [3.8, 4) is 0 Å². The average molecular weight is 346 g/mol. The molecule has 0 saturated carbocycles. The van der Waals surface area contributed by atoms with Crippen LogP contribution in [-0.4, -0.2) is 25.7 Å². The van der Waals surface area contributed by atoms with Gasteiger partial charge >= 0.3 is 0 Å². The number of allylic oxidation sites excluding steroid dienone is 1. The minimum absolute atomic E-state index is 0.174. The van der Waals surface area contributed by atoms with E-state index >= 15 is 0 Å².